The Morgan fingerprint density at radius 3 is 2.80 bits per heavy atom. The molecule has 0 aliphatic carbocycles. The van der Waals surface area contributed by atoms with Crippen LogP contribution in [0.2, 0.25) is 0 Å². The van der Waals surface area contributed by atoms with Crippen LogP contribution in [0, 0.1) is 0 Å². The number of sulfonamides is 1. The van der Waals surface area contributed by atoms with Gasteiger partial charge in [-0.3, -0.25) is 14.3 Å². The Bertz CT molecular complexity index is 690. The lowest BCUT2D eigenvalue weighted by Gasteiger charge is -2.35. The number of carboxylic acid groups (broad SMARTS) is 1. The number of rotatable bonds is 8. The molecule has 2 heterocycles. The monoisotopic (exact) mass is 374 g/mol. The van der Waals surface area contributed by atoms with E-state index in [0.717, 1.165) is 10.6 Å². The molecule has 11 heteroatoms. The molecule has 1 amide bonds. The Hall–Kier alpha value is -1.98. The first-order valence-corrected chi connectivity index (χ1v) is 9.64. The van der Waals surface area contributed by atoms with Crippen molar-refractivity contribution in [1.82, 2.24) is 19.0 Å². The van der Waals surface area contributed by atoms with E-state index < -0.39 is 28.6 Å². The molecule has 1 fully saturated rings. The molecule has 0 spiro atoms. The number of aryl methyl sites for hydroxylation is 1. The Balaban J connectivity index is 1.90. The summed E-state index contributed by atoms with van der Waals surface area (Å²) in [6.45, 7) is 0.654. The van der Waals surface area contributed by atoms with E-state index in [1.54, 1.807) is 28.0 Å². The minimum Gasteiger partial charge on any atom is -0.480 e. The van der Waals surface area contributed by atoms with Crippen LogP contribution in [0.25, 0.3) is 0 Å². The average molecular weight is 374 g/mol. The van der Waals surface area contributed by atoms with Crippen LogP contribution in [0.15, 0.2) is 18.5 Å². The van der Waals surface area contributed by atoms with Crippen LogP contribution >= 0.6 is 0 Å². The third-order valence-electron chi connectivity index (χ3n) is 3.79. The number of carboxylic acids is 1. The van der Waals surface area contributed by atoms with Crippen molar-refractivity contribution < 1.29 is 27.9 Å². The van der Waals surface area contributed by atoms with Crippen molar-refractivity contribution in [3.63, 3.8) is 0 Å². The molecule has 1 saturated heterocycles. The van der Waals surface area contributed by atoms with Crippen molar-refractivity contribution >= 4 is 21.9 Å². The summed E-state index contributed by atoms with van der Waals surface area (Å²) in [6, 6.07) is 1.78. The zero-order valence-corrected chi connectivity index (χ0v) is 14.8. The normalized spacial score (nSPS) is 18.5. The third-order valence-corrected chi connectivity index (χ3v) is 5.01. The van der Waals surface area contributed by atoms with Crippen LogP contribution in [-0.4, -0.2) is 89.5 Å². The molecule has 1 aliphatic rings. The highest BCUT2D eigenvalue weighted by molar-refractivity contribution is 7.88. The molecule has 25 heavy (non-hydrogen) atoms. The molecule has 140 valence electrons. The molecule has 0 saturated carbocycles. The fourth-order valence-corrected chi connectivity index (χ4v) is 3.33. The van der Waals surface area contributed by atoms with Gasteiger partial charge in [-0.15, -0.1) is 0 Å². The summed E-state index contributed by atoms with van der Waals surface area (Å²) in [7, 11) is -3.68. The number of hydrogen-bond acceptors (Lipinski definition) is 6. The van der Waals surface area contributed by atoms with E-state index in [-0.39, 0.29) is 32.0 Å². The van der Waals surface area contributed by atoms with E-state index in [9.17, 15) is 18.0 Å². The molecule has 10 nitrogen and oxygen atoms in total. The highest BCUT2D eigenvalue weighted by atomic mass is 32.2. The fraction of sp³-hybridized carbons (Fsp3) is 0.643. The second-order valence-electron chi connectivity index (χ2n) is 5.80. The van der Waals surface area contributed by atoms with Crippen LogP contribution in [-0.2, 0) is 30.9 Å². The lowest BCUT2D eigenvalue weighted by Crippen LogP contribution is -2.51. The minimum atomic E-state index is -3.68. The van der Waals surface area contributed by atoms with Crippen molar-refractivity contribution in [2.45, 2.75) is 19.1 Å². The highest BCUT2D eigenvalue weighted by Gasteiger charge is 2.29. The predicted molar refractivity (Wildman–Crippen MR) is 87.2 cm³/mol. The SMILES string of the molecule is CS(=O)(=O)N(CC(=O)O)CC1CN(C(=O)CCn2cccn2)CCO1. The van der Waals surface area contributed by atoms with E-state index in [1.807, 2.05) is 0 Å². The Morgan fingerprint density at radius 2 is 2.20 bits per heavy atom. The second kappa shape index (κ2) is 8.41. The standard InChI is InChI=1S/C14H22N4O6S/c1-25(22,23)18(11-14(20)21)10-12-9-16(7-8-24-12)13(19)3-6-17-5-2-4-15-17/h2,4-5,12H,3,6-11H2,1H3,(H,20,21). The summed E-state index contributed by atoms with van der Waals surface area (Å²) in [5.74, 6) is -1.32. The number of amides is 1. The van der Waals surface area contributed by atoms with Gasteiger partial charge in [0.15, 0.2) is 0 Å². The van der Waals surface area contributed by atoms with Crippen molar-refractivity contribution in [3.8, 4) is 0 Å². The molecule has 2 rings (SSSR count). The third kappa shape index (κ3) is 6.11. The number of aliphatic carboxylic acids is 1. The lowest BCUT2D eigenvalue weighted by molar-refractivity contribution is -0.141. The number of carbonyl (C=O) groups excluding carboxylic acids is 1. The molecule has 0 aromatic carbocycles. The van der Waals surface area contributed by atoms with E-state index in [2.05, 4.69) is 5.10 Å². The molecule has 0 bridgehead atoms. The van der Waals surface area contributed by atoms with Gasteiger partial charge in [0.1, 0.15) is 6.54 Å². The maximum Gasteiger partial charge on any atom is 0.318 e. The smallest absolute Gasteiger partial charge is 0.318 e. The largest absolute Gasteiger partial charge is 0.480 e. The number of hydrogen-bond donors (Lipinski definition) is 1. The van der Waals surface area contributed by atoms with Gasteiger partial charge in [0.05, 0.1) is 19.0 Å². The molecule has 1 N–H and O–H groups in total. The van der Waals surface area contributed by atoms with Crippen LogP contribution < -0.4 is 0 Å². The zero-order valence-electron chi connectivity index (χ0n) is 13.9. The highest BCUT2D eigenvalue weighted by Crippen LogP contribution is 2.11. The lowest BCUT2D eigenvalue weighted by atomic mass is 10.2. The van der Waals surface area contributed by atoms with Gasteiger partial charge in [-0.2, -0.15) is 9.40 Å². The van der Waals surface area contributed by atoms with Crippen LogP contribution in [0.3, 0.4) is 0 Å². The van der Waals surface area contributed by atoms with Gasteiger partial charge in [-0.05, 0) is 6.07 Å². The first-order chi connectivity index (χ1) is 11.8. The van der Waals surface area contributed by atoms with Gasteiger partial charge in [0, 0.05) is 45.0 Å². The summed E-state index contributed by atoms with van der Waals surface area (Å²) < 4.78 is 31.4. The van der Waals surface area contributed by atoms with Gasteiger partial charge < -0.3 is 14.7 Å². The molecule has 1 atom stereocenters. The van der Waals surface area contributed by atoms with E-state index in [4.69, 9.17) is 9.84 Å². The van der Waals surface area contributed by atoms with Crippen LogP contribution in [0.1, 0.15) is 6.42 Å². The van der Waals surface area contributed by atoms with Gasteiger partial charge in [0.2, 0.25) is 15.9 Å². The Kier molecular flexibility index (Phi) is 6.51. The molecule has 0 radical (unpaired) electrons. The molecule has 1 aromatic rings. The maximum absolute atomic E-state index is 12.3. The number of ether oxygens (including phenoxy) is 1. The van der Waals surface area contributed by atoms with Crippen molar-refractivity contribution in [1.29, 1.82) is 0 Å². The quantitative estimate of drug-likeness (QED) is 0.609. The summed E-state index contributed by atoms with van der Waals surface area (Å²) in [5, 5.41) is 12.9. The number of nitrogens with zero attached hydrogens (tertiary/aromatic N) is 4. The predicted octanol–water partition coefficient (Wildman–Crippen LogP) is -1.15. The molecule has 1 aromatic heterocycles. The number of carbonyl (C=O) groups is 2. The van der Waals surface area contributed by atoms with Gasteiger partial charge in [0.25, 0.3) is 0 Å². The average Bonchev–Trinajstić information content (AvgIpc) is 3.04. The second-order valence-corrected chi connectivity index (χ2v) is 7.78. The Labute approximate surface area is 146 Å². The molecule has 1 unspecified atom stereocenters. The van der Waals surface area contributed by atoms with Crippen molar-refractivity contribution in [2.75, 3.05) is 39.0 Å². The zero-order chi connectivity index (χ0) is 18.4. The first kappa shape index (κ1) is 19.3. The summed E-state index contributed by atoms with van der Waals surface area (Å²) >= 11 is 0. The van der Waals surface area contributed by atoms with Gasteiger partial charge in [-0.1, -0.05) is 0 Å². The number of morpholine rings is 1. The van der Waals surface area contributed by atoms with Crippen molar-refractivity contribution in [3.05, 3.63) is 18.5 Å². The van der Waals surface area contributed by atoms with E-state index in [1.165, 1.54) is 0 Å². The van der Waals surface area contributed by atoms with Crippen LogP contribution in [0.4, 0.5) is 0 Å². The van der Waals surface area contributed by atoms with Crippen LogP contribution in [0.5, 0.6) is 0 Å². The molecule has 1 aliphatic heterocycles. The topological polar surface area (TPSA) is 122 Å². The molecular weight excluding hydrogens is 352 g/mol. The molecular formula is C14H22N4O6S. The maximum atomic E-state index is 12.3. The Morgan fingerprint density at radius 1 is 1.44 bits per heavy atom. The number of aromatic nitrogens is 2. The minimum absolute atomic E-state index is 0.0760. The summed E-state index contributed by atoms with van der Waals surface area (Å²) in [5.41, 5.74) is 0. The fourth-order valence-electron chi connectivity index (χ4n) is 2.55. The van der Waals surface area contributed by atoms with Gasteiger partial charge in [-0.25, -0.2) is 8.42 Å². The van der Waals surface area contributed by atoms with Gasteiger partial charge >= 0.3 is 5.97 Å². The van der Waals surface area contributed by atoms with E-state index >= 15 is 0 Å². The summed E-state index contributed by atoms with van der Waals surface area (Å²) in [6.07, 6.45) is 4.07. The summed E-state index contributed by atoms with van der Waals surface area (Å²) in [4.78, 5) is 24.8. The van der Waals surface area contributed by atoms with Crippen molar-refractivity contribution in [2.24, 2.45) is 0 Å². The van der Waals surface area contributed by atoms with E-state index in [0.29, 0.717) is 13.1 Å². The first-order valence-electron chi connectivity index (χ1n) is 7.79.